The summed E-state index contributed by atoms with van der Waals surface area (Å²) in [5.74, 6) is 0.0778. The van der Waals surface area contributed by atoms with E-state index in [1.807, 2.05) is 12.1 Å². The normalized spacial score (nSPS) is 20.2. The SMILES string of the molecule is O=C(O)C1(Cc2cc(Cl)cc3c2OCC3)CCOCC1. The molecule has 5 heteroatoms. The largest absolute Gasteiger partial charge is 0.493 e. The Morgan fingerprint density at radius 3 is 2.75 bits per heavy atom. The Labute approximate surface area is 122 Å². The van der Waals surface area contributed by atoms with Gasteiger partial charge in [0.1, 0.15) is 5.75 Å². The highest BCUT2D eigenvalue weighted by molar-refractivity contribution is 6.30. The second kappa shape index (κ2) is 5.26. The lowest BCUT2D eigenvalue weighted by molar-refractivity contribution is -0.154. The van der Waals surface area contributed by atoms with Gasteiger partial charge in [0.15, 0.2) is 0 Å². The van der Waals surface area contributed by atoms with Gasteiger partial charge in [-0.3, -0.25) is 4.79 Å². The molecule has 3 rings (SSSR count). The molecule has 0 amide bonds. The number of carboxylic acids is 1. The highest BCUT2D eigenvalue weighted by atomic mass is 35.5. The van der Waals surface area contributed by atoms with Crippen LogP contribution in [0.2, 0.25) is 5.02 Å². The molecule has 1 fully saturated rings. The van der Waals surface area contributed by atoms with Crippen LogP contribution in [0.5, 0.6) is 5.75 Å². The van der Waals surface area contributed by atoms with Crippen molar-refractivity contribution < 1.29 is 19.4 Å². The number of halogens is 1. The molecular formula is C15H17ClO4. The summed E-state index contributed by atoms with van der Waals surface area (Å²) in [5.41, 5.74) is 1.23. The molecule has 2 heterocycles. The maximum absolute atomic E-state index is 11.7. The Hall–Kier alpha value is -1.26. The average Bonchev–Trinajstić information content (AvgIpc) is 2.88. The van der Waals surface area contributed by atoms with Crippen LogP contribution >= 0.6 is 11.6 Å². The van der Waals surface area contributed by atoms with Crippen LogP contribution in [0.3, 0.4) is 0 Å². The van der Waals surface area contributed by atoms with E-state index in [1.54, 1.807) is 0 Å². The Morgan fingerprint density at radius 1 is 1.30 bits per heavy atom. The van der Waals surface area contributed by atoms with Crippen molar-refractivity contribution >= 4 is 17.6 Å². The van der Waals surface area contributed by atoms with Gasteiger partial charge in [-0.15, -0.1) is 0 Å². The first-order chi connectivity index (χ1) is 9.61. The van der Waals surface area contributed by atoms with Gasteiger partial charge in [-0.2, -0.15) is 0 Å². The van der Waals surface area contributed by atoms with Gasteiger partial charge in [0.2, 0.25) is 0 Å². The van der Waals surface area contributed by atoms with Gasteiger partial charge in [0.25, 0.3) is 0 Å². The first-order valence-corrected chi connectivity index (χ1v) is 7.24. The number of aliphatic carboxylic acids is 1. The lowest BCUT2D eigenvalue weighted by atomic mass is 9.75. The van der Waals surface area contributed by atoms with Crippen molar-refractivity contribution in [2.45, 2.75) is 25.7 Å². The van der Waals surface area contributed by atoms with Crippen LogP contribution in [-0.2, 0) is 22.4 Å². The van der Waals surface area contributed by atoms with Crippen molar-refractivity contribution in [3.63, 3.8) is 0 Å². The van der Waals surface area contributed by atoms with E-state index in [4.69, 9.17) is 21.1 Å². The van der Waals surface area contributed by atoms with Gasteiger partial charge < -0.3 is 14.6 Å². The Bertz CT molecular complexity index is 535. The zero-order valence-corrected chi connectivity index (χ0v) is 11.9. The van der Waals surface area contributed by atoms with E-state index in [1.165, 1.54) is 0 Å². The summed E-state index contributed by atoms with van der Waals surface area (Å²) in [6.07, 6.45) is 2.36. The quantitative estimate of drug-likeness (QED) is 0.932. The zero-order chi connectivity index (χ0) is 14.2. The molecule has 0 atom stereocenters. The first-order valence-electron chi connectivity index (χ1n) is 6.86. The smallest absolute Gasteiger partial charge is 0.310 e. The molecule has 0 radical (unpaired) electrons. The van der Waals surface area contributed by atoms with E-state index < -0.39 is 11.4 Å². The highest BCUT2D eigenvalue weighted by Crippen LogP contribution is 2.40. The Morgan fingerprint density at radius 2 is 2.05 bits per heavy atom. The van der Waals surface area contributed by atoms with Gasteiger partial charge in [0.05, 0.1) is 12.0 Å². The molecule has 0 spiro atoms. The minimum absolute atomic E-state index is 0.453. The number of carboxylic acid groups (broad SMARTS) is 1. The van der Waals surface area contributed by atoms with E-state index in [-0.39, 0.29) is 0 Å². The summed E-state index contributed by atoms with van der Waals surface area (Å²) >= 11 is 6.14. The second-order valence-corrected chi connectivity index (χ2v) is 5.96. The molecule has 1 aromatic carbocycles. The Kier molecular flexibility index (Phi) is 3.61. The third kappa shape index (κ3) is 2.38. The molecule has 0 bridgehead atoms. The predicted molar refractivity (Wildman–Crippen MR) is 74.5 cm³/mol. The minimum Gasteiger partial charge on any atom is -0.493 e. The number of carbonyl (C=O) groups is 1. The highest BCUT2D eigenvalue weighted by Gasteiger charge is 2.41. The number of ether oxygens (including phenoxy) is 2. The van der Waals surface area contributed by atoms with Crippen molar-refractivity contribution in [2.24, 2.45) is 5.41 Å². The van der Waals surface area contributed by atoms with Crippen molar-refractivity contribution in [1.82, 2.24) is 0 Å². The van der Waals surface area contributed by atoms with E-state index in [9.17, 15) is 9.90 Å². The van der Waals surface area contributed by atoms with E-state index in [0.717, 1.165) is 23.3 Å². The van der Waals surface area contributed by atoms with Crippen molar-refractivity contribution in [2.75, 3.05) is 19.8 Å². The molecule has 1 saturated heterocycles. The fraction of sp³-hybridized carbons (Fsp3) is 0.533. The van der Waals surface area contributed by atoms with Crippen LogP contribution in [0.1, 0.15) is 24.0 Å². The molecule has 0 unspecified atom stereocenters. The standard InChI is InChI=1S/C15H17ClO4/c16-12-7-10-1-4-20-13(10)11(8-12)9-15(14(17)18)2-5-19-6-3-15/h7-8H,1-6,9H2,(H,17,18). The summed E-state index contributed by atoms with van der Waals surface area (Å²) in [4.78, 5) is 11.7. The molecule has 1 aromatic rings. The van der Waals surface area contributed by atoms with Crippen molar-refractivity contribution in [1.29, 1.82) is 0 Å². The molecule has 0 aliphatic carbocycles. The van der Waals surface area contributed by atoms with Crippen LogP contribution in [-0.4, -0.2) is 30.9 Å². The summed E-state index contributed by atoms with van der Waals surface area (Å²) in [6.45, 7) is 1.64. The van der Waals surface area contributed by atoms with Crippen LogP contribution in [0.4, 0.5) is 0 Å². The molecule has 20 heavy (non-hydrogen) atoms. The maximum Gasteiger partial charge on any atom is 0.310 e. The first kappa shape index (κ1) is 13.7. The minimum atomic E-state index is -0.761. The van der Waals surface area contributed by atoms with Crippen LogP contribution in [0.25, 0.3) is 0 Å². The molecule has 4 nitrogen and oxygen atoms in total. The third-order valence-corrected chi connectivity index (χ3v) is 4.48. The van der Waals surface area contributed by atoms with Gasteiger partial charge in [0, 0.05) is 24.7 Å². The van der Waals surface area contributed by atoms with Gasteiger partial charge >= 0.3 is 5.97 Å². The van der Waals surface area contributed by atoms with Gasteiger partial charge in [-0.25, -0.2) is 0 Å². The molecule has 2 aliphatic rings. The molecule has 0 saturated carbocycles. The van der Waals surface area contributed by atoms with Crippen molar-refractivity contribution in [3.05, 3.63) is 28.3 Å². The topological polar surface area (TPSA) is 55.8 Å². The van der Waals surface area contributed by atoms with Crippen molar-refractivity contribution in [3.8, 4) is 5.75 Å². The lowest BCUT2D eigenvalue weighted by Crippen LogP contribution is -2.39. The van der Waals surface area contributed by atoms with E-state index in [2.05, 4.69) is 0 Å². The maximum atomic E-state index is 11.7. The molecule has 108 valence electrons. The fourth-order valence-electron chi connectivity index (χ4n) is 3.07. The molecule has 2 aliphatic heterocycles. The number of rotatable bonds is 3. The second-order valence-electron chi connectivity index (χ2n) is 5.53. The summed E-state index contributed by atoms with van der Waals surface area (Å²) in [7, 11) is 0. The molecule has 1 N–H and O–H groups in total. The molecule has 0 aromatic heterocycles. The zero-order valence-electron chi connectivity index (χ0n) is 11.2. The molecular weight excluding hydrogens is 280 g/mol. The predicted octanol–water partition coefficient (Wildman–Crippen LogP) is 2.70. The number of hydrogen-bond acceptors (Lipinski definition) is 3. The number of benzene rings is 1. The summed E-state index contributed by atoms with van der Waals surface area (Å²) < 4.78 is 11.0. The summed E-state index contributed by atoms with van der Waals surface area (Å²) in [6, 6.07) is 3.75. The van der Waals surface area contributed by atoms with E-state index in [0.29, 0.717) is 44.1 Å². The van der Waals surface area contributed by atoms with Gasteiger partial charge in [-0.1, -0.05) is 11.6 Å². The number of hydrogen-bond donors (Lipinski definition) is 1. The number of fused-ring (bicyclic) bond motifs is 1. The third-order valence-electron chi connectivity index (χ3n) is 4.26. The lowest BCUT2D eigenvalue weighted by Gasteiger charge is -2.33. The van der Waals surface area contributed by atoms with Crippen LogP contribution in [0.15, 0.2) is 12.1 Å². The average molecular weight is 297 g/mol. The Balaban J connectivity index is 1.95. The monoisotopic (exact) mass is 296 g/mol. The van der Waals surface area contributed by atoms with E-state index >= 15 is 0 Å². The van der Waals surface area contributed by atoms with Crippen LogP contribution in [0, 0.1) is 5.41 Å². The van der Waals surface area contributed by atoms with Gasteiger partial charge in [-0.05, 0) is 42.5 Å². The summed E-state index contributed by atoms with van der Waals surface area (Å²) in [5, 5.41) is 10.3. The van der Waals surface area contributed by atoms with Crippen LogP contribution < -0.4 is 4.74 Å². The fourth-order valence-corrected chi connectivity index (χ4v) is 3.33.